The largest absolute Gasteiger partial charge is 0.493 e. The van der Waals surface area contributed by atoms with Gasteiger partial charge in [0.05, 0.1) is 49.0 Å². The van der Waals surface area contributed by atoms with Crippen molar-refractivity contribution in [2.75, 3.05) is 52.2 Å². The van der Waals surface area contributed by atoms with E-state index in [2.05, 4.69) is 19.4 Å². The lowest BCUT2D eigenvalue weighted by atomic mass is 9.98. The van der Waals surface area contributed by atoms with Crippen LogP contribution in [0.5, 0.6) is 11.5 Å². The number of nitrogens with one attached hydrogen (secondary N) is 2. The normalized spacial score (nSPS) is 20.4. The highest BCUT2D eigenvalue weighted by Crippen LogP contribution is 2.27. The van der Waals surface area contributed by atoms with Crippen LogP contribution < -0.4 is 18.9 Å². The lowest BCUT2D eigenvalue weighted by Gasteiger charge is -2.31. The van der Waals surface area contributed by atoms with E-state index in [1.165, 1.54) is 24.5 Å². The lowest BCUT2D eigenvalue weighted by molar-refractivity contribution is 0.0185. The van der Waals surface area contributed by atoms with Gasteiger partial charge in [0.1, 0.15) is 22.9 Å². The zero-order valence-electron chi connectivity index (χ0n) is 29.4. The maximum atomic E-state index is 14.0. The molecule has 12 nitrogen and oxygen atoms in total. The van der Waals surface area contributed by atoms with Gasteiger partial charge in [-0.05, 0) is 73.5 Å². The maximum absolute atomic E-state index is 14.0. The summed E-state index contributed by atoms with van der Waals surface area (Å²) in [5.41, 5.74) is 1.64. The molecule has 0 amide bonds. The molecule has 18 heteroatoms. The van der Waals surface area contributed by atoms with Gasteiger partial charge in [0.15, 0.2) is 11.6 Å². The number of nitrogens with zero attached hydrogens (tertiary/aromatic N) is 2. The highest BCUT2D eigenvalue weighted by molar-refractivity contribution is 7.89. The second-order valence-electron chi connectivity index (χ2n) is 12.9. The van der Waals surface area contributed by atoms with Gasteiger partial charge in [-0.1, -0.05) is 23.2 Å². The second-order valence-corrected chi connectivity index (χ2v) is 17.3. The Morgan fingerprint density at radius 3 is 1.39 bits per heavy atom. The first kappa shape index (κ1) is 41.7. The van der Waals surface area contributed by atoms with Crippen molar-refractivity contribution in [2.45, 2.75) is 24.9 Å². The van der Waals surface area contributed by atoms with E-state index in [1.54, 1.807) is 48.5 Å². The van der Waals surface area contributed by atoms with Crippen LogP contribution in [0.1, 0.15) is 12.8 Å². The van der Waals surface area contributed by atoms with Crippen LogP contribution in [0, 0.1) is 23.5 Å². The monoisotopic (exact) mass is 828 g/mol. The van der Waals surface area contributed by atoms with Crippen LogP contribution in [0.4, 0.5) is 8.78 Å². The Labute approximate surface area is 323 Å². The molecule has 2 aromatic carbocycles. The Morgan fingerprint density at radius 2 is 1.06 bits per heavy atom. The SMILES string of the molecule is CS(=O)(=O)NC1CCOCC1COc1ccc(-c2ncc(Cl)cc2F)cc1.CS(=O)(=O)N[C@@H]1CCOC[C@H]1COc1ccc(-c2ncc(Cl)cc2F)cc1. The van der Waals surface area contributed by atoms with Gasteiger partial charge < -0.3 is 18.9 Å². The molecule has 2 aliphatic heterocycles. The van der Waals surface area contributed by atoms with Crippen LogP contribution in [0.2, 0.25) is 10.0 Å². The summed E-state index contributed by atoms with van der Waals surface area (Å²) in [6.45, 7) is 2.48. The smallest absolute Gasteiger partial charge is 0.208 e. The number of rotatable bonds is 12. The molecule has 0 saturated carbocycles. The summed E-state index contributed by atoms with van der Waals surface area (Å²) in [7, 11) is -6.59. The van der Waals surface area contributed by atoms with Crippen molar-refractivity contribution in [3.05, 3.63) is 94.7 Å². The van der Waals surface area contributed by atoms with Crippen LogP contribution in [-0.4, -0.2) is 91.0 Å². The first-order valence-corrected chi connectivity index (χ1v) is 21.4. The van der Waals surface area contributed by atoms with Crippen LogP contribution >= 0.6 is 23.2 Å². The zero-order valence-corrected chi connectivity index (χ0v) is 32.5. The molecule has 2 fully saturated rings. The highest BCUT2D eigenvalue weighted by atomic mass is 35.5. The number of halogens is 4. The van der Waals surface area contributed by atoms with Gasteiger partial charge >= 0.3 is 0 Å². The number of hydrogen-bond acceptors (Lipinski definition) is 10. The molecular formula is C36H40Cl2F2N4O8S2. The van der Waals surface area contributed by atoms with E-state index in [0.29, 0.717) is 75.1 Å². The van der Waals surface area contributed by atoms with E-state index in [1.807, 2.05) is 0 Å². The van der Waals surface area contributed by atoms with Crippen molar-refractivity contribution in [1.29, 1.82) is 0 Å². The van der Waals surface area contributed by atoms with Gasteiger partial charge in [-0.3, -0.25) is 9.97 Å². The third-order valence-corrected chi connectivity index (χ3v) is 10.4. The van der Waals surface area contributed by atoms with Gasteiger partial charge in [0.25, 0.3) is 0 Å². The van der Waals surface area contributed by atoms with Gasteiger partial charge in [-0.25, -0.2) is 35.1 Å². The number of benzene rings is 2. The molecule has 2 saturated heterocycles. The van der Waals surface area contributed by atoms with Crippen LogP contribution in [0.3, 0.4) is 0 Å². The summed E-state index contributed by atoms with van der Waals surface area (Å²) in [5.74, 6) is 0.0103. The number of pyridine rings is 2. The van der Waals surface area contributed by atoms with E-state index in [0.717, 1.165) is 12.5 Å². The van der Waals surface area contributed by atoms with Crippen molar-refractivity contribution in [2.24, 2.45) is 11.8 Å². The summed E-state index contributed by atoms with van der Waals surface area (Å²) in [6, 6.07) is 15.7. The van der Waals surface area contributed by atoms with Gasteiger partial charge in [0, 0.05) is 60.7 Å². The molecule has 54 heavy (non-hydrogen) atoms. The average molecular weight is 830 g/mol. The maximum Gasteiger partial charge on any atom is 0.208 e. The number of aromatic nitrogens is 2. The predicted molar refractivity (Wildman–Crippen MR) is 202 cm³/mol. The van der Waals surface area contributed by atoms with Crippen LogP contribution in [0.15, 0.2) is 73.1 Å². The van der Waals surface area contributed by atoms with E-state index in [4.69, 9.17) is 42.1 Å². The molecule has 4 atom stereocenters. The van der Waals surface area contributed by atoms with Crippen molar-refractivity contribution in [3.63, 3.8) is 0 Å². The first-order valence-electron chi connectivity index (χ1n) is 16.8. The Kier molecular flexibility index (Phi) is 14.6. The predicted octanol–water partition coefficient (Wildman–Crippen LogP) is 5.75. The molecular weight excluding hydrogens is 789 g/mol. The van der Waals surface area contributed by atoms with Crippen molar-refractivity contribution in [3.8, 4) is 34.0 Å². The Hall–Kier alpha value is -3.48. The fourth-order valence-electron chi connectivity index (χ4n) is 5.86. The summed E-state index contributed by atoms with van der Waals surface area (Å²) in [6.07, 6.45) is 6.26. The minimum atomic E-state index is -3.30. The molecule has 0 aliphatic carbocycles. The molecule has 6 rings (SSSR count). The number of sulfonamides is 2. The molecule has 292 valence electrons. The standard InChI is InChI=1S/2C18H20ClFN2O4S/c2*1-27(23,24)22-17-6-7-25-10-13(17)11-26-15-4-2-12(3-5-15)18-16(20)8-14(19)9-21-18/h2*2-5,8-9,13,17,22H,6-7,10-11H2,1H3/t13-,17+;/m0./s1. The second kappa shape index (κ2) is 18.9. The van der Waals surface area contributed by atoms with E-state index < -0.39 is 31.7 Å². The fraction of sp³-hybridized carbons (Fsp3) is 0.389. The summed E-state index contributed by atoms with van der Waals surface area (Å²) in [4.78, 5) is 8.02. The Bertz CT molecular complexity index is 1930. The minimum Gasteiger partial charge on any atom is -0.493 e. The zero-order chi connectivity index (χ0) is 38.9. The van der Waals surface area contributed by atoms with E-state index >= 15 is 0 Å². The minimum absolute atomic E-state index is 0.0940. The van der Waals surface area contributed by atoms with Gasteiger partial charge in [-0.15, -0.1) is 0 Å². The van der Waals surface area contributed by atoms with E-state index in [9.17, 15) is 25.6 Å². The van der Waals surface area contributed by atoms with Gasteiger partial charge in [-0.2, -0.15) is 0 Å². The van der Waals surface area contributed by atoms with Crippen LogP contribution in [0.25, 0.3) is 22.5 Å². The molecule has 0 radical (unpaired) electrons. The van der Waals surface area contributed by atoms with Gasteiger partial charge in [0.2, 0.25) is 20.0 Å². The quantitative estimate of drug-likeness (QED) is 0.181. The number of ether oxygens (including phenoxy) is 4. The Balaban J connectivity index is 0.000000208. The Morgan fingerprint density at radius 1 is 0.685 bits per heavy atom. The lowest BCUT2D eigenvalue weighted by Crippen LogP contribution is -2.47. The van der Waals surface area contributed by atoms with Crippen molar-refractivity contribution in [1.82, 2.24) is 19.4 Å². The molecule has 2 aliphatic rings. The molecule has 0 spiro atoms. The van der Waals surface area contributed by atoms with E-state index in [-0.39, 0.29) is 45.4 Å². The van der Waals surface area contributed by atoms with Crippen molar-refractivity contribution >= 4 is 43.2 Å². The first-order chi connectivity index (χ1) is 25.6. The average Bonchev–Trinajstić information content (AvgIpc) is 3.11. The third-order valence-electron chi connectivity index (χ3n) is 8.48. The molecule has 2 N–H and O–H groups in total. The summed E-state index contributed by atoms with van der Waals surface area (Å²) in [5, 5.41) is 0.478. The summed E-state index contributed by atoms with van der Waals surface area (Å²) < 4.78 is 102. The summed E-state index contributed by atoms with van der Waals surface area (Å²) >= 11 is 11.4. The molecule has 0 bridgehead atoms. The molecule has 4 aromatic rings. The molecule has 2 unspecified atom stereocenters. The number of hydrogen-bond donors (Lipinski definition) is 2. The van der Waals surface area contributed by atoms with Crippen LogP contribution in [-0.2, 0) is 29.5 Å². The van der Waals surface area contributed by atoms with Crippen molar-refractivity contribution < 1.29 is 44.6 Å². The topological polar surface area (TPSA) is 155 Å². The molecule has 4 heterocycles. The fourth-order valence-corrected chi connectivity index (χ4v) is 7.87. The molecule has 2 aromatic heterocycles. The highest BCUT2D eigenvalue weighted by Gasteiger charge is 2.30. The third kappa shape index (κ3) is 12.8.